The predicted octanol–water partition coefficient (Wildman–Crippen LogP) is 8.68. The predicted molar refractivity (Wildman–Crippen MR) is 147 cm³/mol. The van der Waals surface area contributed by atoms with E-state index in [4.69, 9.17) is 9.47 Å². The number of benzene rings is 1. The number of aryl methyl sites for hydroxylation is 1. The summed E-state index contributed by atoms with van der Waals surface area (Å²) in [7, 11) is 0. The number of rotatable bonds is 21. The molecule has 0 aliphatic carbocycles. The molecule has 2 unspecified atom stereocenters. The molecular formula is C31H48O5. The summed E-state index contributed by atoms with van der Waals surface area (Å²) in [6.07, 6.45) is 20.3. The molecule has 0 spiro atoms. The number of carbonyl (C=O) groups excluding carboxylic acids is 1. The van der Waals surface area contributed by atoms with Gasteiger partial charge in [0.15, 0.2) is 0 Å². The summed E-state index contributed by atoms with van der Waals surface area (Å²) in [6, 6.07) is 9.89. The van der Waals surface area contributed by atoms with E-state index in [2.05, 4.69) is 31.2 Å². The first-order valence-electron chi connectivity index (χ1n) is 14.0. The van der Waals surface area contributed by atoms with E-state index < -0.39 is 24.1 Å². The third-order valence-electron chi connectivity index (χ3n) is 6.23. The summed E-state index contributed by atoms with van der Waals surface area (Å²) in [5.41, 5.74) is 1.11. The normalized spacial score (nSPS) is 13.2. The molecule has 1 aromatic carbocycles. The summed E-state index contributed by atoms with van der Waals surface area (Å²) in [5.74, 6) is -1.41. The topological polar surface area (TPSA) is 72.8 Å². The lowest BCUT2D eigenvalue weighted by Gasteiger charge is -2.21. The molecule has 5 nitrogen and oxygen atoms in total. The van der Waals surface area contributed by atoms with E-state index in [1.807, 2.05) is 37.3 Å². The van der Waals surface area contributed by atoms with Crippen molar-refractivity contribution >= 4 is 12.1 Å². The smallest absolute Gasteiger partial charge is 0.481 e. The SMILES string of the molecule is CCCCC/C=C\C/C=C\CCCCC(CC(CCc1ccccc1)C(=O)O)OC(=O)OCCCC. The Balaban J connectivity index is 2.49. The highest BCUT2D eigenvalue weighted by atomic mass is 16.7. The van der Waals surface area contributed by atoms with Gasteiger partial charge in [0.25, 0.3) is 0 Å². The minimum Gasteiger partial charge on any atom is -0.481 e. The number of hydrogen-bond donors (Lipinski definition) is 1. The molecule has 0 radical (unpaired) electrons. The Hall–Kier alpha value is -2.56. The second-order valence-corrected chi connectivity index (χ2v) is 9.45. The molecule has 0 aliphatic rings. The third-order valence-corrected chi connectivity index (χ3v) is 6.23. The van der Waals surface area contributed by atoms with Crippen LogP contribution in [0.1, 0.15) is 103 Å². The van der Waals surface area contributed by atoms with E-state index in [0.29, 0.717) is 32.3 Å². The maximum atomic E-state index is 12.2. The van der Waals surface area contributed by atoms with Crippen LogP contribution in [0.15, 0.2) is 54.6 Å². The second kappa shape index (κ2) is 21.7. The van der Waals surface area contributed by atoms with Gasteiger partial charge in [-0.3, -0.25) is 4.79 Å². The molecule has 0 aromatic heterocycles. The molecule has 2 atom stereocenters. The number of carboxylic acid groups (broad SMARTS) is 1. The van der Waals surface area contributed by atoms with E-state index in [-0.39, 0.29) is 0 Å². The minimum absolute atomic E-state index is 0.309. The zero-order valence-corrected chi connectivity index (χ0v) is 22.5. The molecule has 0 heterocycles. The van der Waals surface area contributed by atoms with Crippen molar-refractivity contribution in [3.8, 4) is 0 Å². The van der Waals surface area contributed by atoms with Crippen molar-refractivity contribution in [2.45, 2.75) is 110 Å². The Kier molecular flexibility index (Phi) is 19.0. The fourth-order valence-electron chi connectivity index (χ4n) is 3.99. The number of hydrogen-bond acceptors (Lipinski definition) is 4. The molecular weight excluding hydrogens is 452 g/mol. The Morgan fingerprint density at radius 3 is 2.17 bits per heavy atom. The van der Waals surface area contributed by atoms with Crippen molar-refractivity contribution in [2.75, 3.05) is 6.61 Å². The van der Waals surface area contributed by atoms with Crippen LogP contribution in [0.25, 0.3) is 0 Å². The number of ether oxygens (including phenoxy) is 2. The van der Waals surface area contributed by atoms with Crippen molar-refractivity contribution in [2.24, 2.45) is 5.92 Å². The average Bonchev–Trinajstić information content (AvgIpc) is 2.87. The van der Waals surface area contributed by atoms with Crippen LogP contribution in [0.5, 0.6) is 0 Å². The molecule has 5 heteroatoms. The Bertz CT molecular complexity index is 741. The first-order chi connectivity index (χ1) is 17.6. The molecule has 0 saturated carbocycles. The van der Waals surface area contributed by atoms with Crippen LogP contribution in [0, 0.1) is 5.92 Å². The highest BCUT2D eigenvalue weighted by molar-refractivity contribution is 5.70. The molecule has 1 aromatic rings. The molecule has 0 bridgehead atoms. The number of unbranched alkanes of at least 4 members (excludes halogenated alkanes) is 6. The molecule has 36 heavy (non-hydrogen) atoms. The van der Waals surface area contributed by atoms with Gasteiger partial charge >= 0.3 is 12.1 Å². The van der Waals surface area contributed by atoms with Crippen LogP contribution in [-0.4, -0.2) is 29.9 Å². The van der Waals surface area contributed by atoms with Crippen LogP contribution in [-0.2, 0) is 20.7 Å². The standard InChI is InChI=1S/C31H48O5/c1-3-5-7-8-9-10-11-12-13-14-15-19-22-29(36-31(34)35-25-6-4-2)26-28(30(32)33)24-23-27-20-17-16-18-21-27/h9-10,12-13,16-18,20-21,28-29H,3-8,11,14-15,19,22-26H2,1-2H3,(H,32,33)/b10-9-,13-12-. The highest BCUT2D eigenvalue weighted by Crippen LogP contribution is 2.22. The van der Waals surface area contributed by atoms with Crippen molar-refractivity contribution in [1.29, 1.82) is 0 Å². The molecule has 202 valence electrons. The molecule has 0 amide bonds. The minimum atomic E-state index is -0.843. The van der Waals surface area contributed by atoms with Gasteiger partial charge in [-0.15, -0.1) is 0 Å². The number of allylic oxidation sites excluding steroid dienone is 4. The second-order valence-electron chi connectivity index (χ2n) is 9.45. The molecule has 0 saturated heterocycles. The van der Waals surface area contributed by atoms with Gasteiger partial charge in [0.1, 0.15) is 6.10 Å². The lowest BCUT2D eigenvalue weighted by Crippen LogP contribution is -2.26. The number of aliphatic carboxylic acids is 1. The average molecular weight is 501 g/mol. The Morgan fingerprint density at radius 1 is 0.861 bits per heavy atom. The quantitative estimate of drug-likeness (QED) is 0.104. The monoisotopic (exact) mass is 500 g/mol. The van der Waals surface area contributed by atoms with E-state index >= 15 is 0 Å². The Labute approximate surface area is 219 Å². The van der Waals surface area contributed by atoms with Crippen LogP contribution >= 0.6 is 0 Å². The molecule has 0 aliphatic heterocycles. The maximum absolute atomic E-state index is 12.2. The van der Waals surface area contributed by atoms with Gasteiger partial charge in [-0.2, -0.15) is 0 Å². The van der Waals surface area contributed by atoms with Crippen LogP contribution in [0.2, 0.25) is 0 Å². The lowest BCUT2D eigenvalue weighted by atomic mass is 9.92. The highest BCUT2D eigenvalue weighted by Gasteiger charge is 2.25. The third kappa shape index (κ3) is 17.0. The summed E-state index contributed by atoms with van der Waals surface area (Å²) in [6.45, 7) is 4.58. The number of carboxylic acids is 1. The maximum Gasteiger partial charge on any atom is 0.508 e. The van der Waals surface area contributed by atoms with Gasteiger partial charge in [0, 0.05) is 0 Å². The van der Waals surface area contributed by atoms with E-state index in [1.165, 1.54) is 19.3 Å². The van der Waals surface area contributed by atoms with Gasteiger partial charge in [0.05, 0.1) is 12.5 Å². The van der Waals surface area contributed by atoms with Gasteiger partial charge in [-0.05, 0) is 76.2 Å². The largest absolute Gasteiger partial charge is 0.508 e. The van der Waals surface area contributed by atoms with E-state index in [1.54, 1.807) is 0 Å². The van der Waals surface area contributed by atoms with Gasteiger partial charge in [0.2, 0.25) is 0 Å². The van der Waals surface area contributed by atoms with Gasteiger partial charge in [-0.1, -0.05) is 87.7 Å². The van der Waals surface area contributed by atoms with Gasteiger partial charge in [-0.25, -0.2) is 4.79 Å². The number of carbonyl (C=O) groups is 2. The molecule has 1 rings (SSSR count). The zero-order chi connectivity index (χ0) is 26.3. The fourth-order valence-corrected chi connectivity index (χ4v) is 3.99. The summed E-state index contributed by atoms with van der Waals surface area (Å²) >= 11 is 0. The van der Waals surface area contributed by atoms with Gasteiger partial charge < -0.3 is 14.6 Å². The van der Waals surface area contributed by atoms with Crippen LogP contribution < -0.4 is 0 Å². The van der Waals surface area contributed by atoms with Crippen molar-refractivity contribution in [1.82, 2.24) is 0 Å². The molecule has 0 fully saturated rings. The van der Waals surface area contributed by atoms with Crippen molar-refractivity contribution in [3.63, 3.8) is 0 Å². The summed E-state index contributed by atoms with van der Waals surface area (Å²) < 4.78 is 10.7. The Morgan fingerprint density at radius 2 is 1.53 bits per heavy atom. The lowest BCUT2D eigenvalue weighted by molar-refractivity contribution is -0.143. The van der Waals surface area contributed by atoms with Crippen molar-refractivity contribution in [3.05, 3.63) is 60.2 Å². The zero-order valence-electron chi connectivity index (χ0n) is 22.5. The van der Waals surface area contributed by atoms with Crippen LogP contribution in [0.4, 0.5) is 4.79 Å². The first-order valence-corrected chi connectivity index (χ1v) is 14.0. The first kappa shape index (κ1) is 31.5. The van der Waals surface area contributed by atoms with Crippen molar-refractivity contribution < 1.29 is 24.2 Å². The van der Waals surface area contributed by atoms with E-state index in [9.17, 15) is 14.7 Å². The fraction of sp³-hybridized carbons (Fsp3) is 0.613. The van der Waals surface area contributed by atoms with Crippen LogP contribution in [0.3, 0.4) is 0 Å². The van der Waals surface area contributed by atoms with E-state index in [0.717, 1.165) is 50.5 Å². The molecule has 1 N–H and O–H groups in total. The summed E-state index contributed by atoms with van der Waals surface area (Å²) in [4.78, 5) is 24.1. The summed E-state index contributed by atoms with van der Waals surface area (Å²) in [5, 5.41) is 9.79.